The number of aryl methyl sites for hydroxylation is 2. The molecule has 0 aliphatic carbocycles. The van der Waals surface area contributed by atoms with Gasteiger partial charge in [0.1, 0.15) is 22.1 Å². The Kier molecular flexibility index (Phi) is 5.33. The summed E-state index contributed by atoms with van der Waals surface area (Å²) >= 11 is 1.38. The van der Waals surface area contributed by atoms with Gasteiger partial charge in [0.2, 0.25) is 5.13 Å². The van der Waals surface area contributed by atoms with Crippen LogP contribution in [0.5, 0.6) is 5.75 Å². The van der Waals surface area contributed by atoms with Crippen LogP contribution in [-0.2, 0) is 6.42 Å². The Hall–Kier alpha value is -2.41. The number of benzene rings is 1. The molecule has 0 aliphatic rings. The lowest BCUT2D eigenvalue weighted by Crippen LogP contribution is -2.12. The van der Waals surface area contributed by atoms with Gasteiger partial charge in [-0.3, -0.25) is 10.1 Å². The standard InChI is InChI=1S/C18H21N3O3S/c1-4-6-9-23-12-7-8-14-13(10-12)16(11(3)24-14)17(22)19-18-21-20-15(5-2)25-18/h7-8,10H,4-6,9H2,1-3H3,(H,19,21,22). The molecule has 1 N–H and O–H groups in total. The van der Waals surface area contributed by atoms with Crippen molar-refractivity contribution < 1.29 is 13.9 Å². The summed E-state index contributed by atoms with van der Waals surface area (Å²) in [6.45, 7) is 6.56. The Morgan fingerprint density at radius 3 is 2.88 bits per heavy atom. The lowest BCUT2D eigenvalue weighted by atomic mass is 10.1. The summed E-state index contributed by atoms with van der Waals surface area (Å²) < 4.78 is 11.5. The summed E-state index contributed by atoms with van der Waals surface area (Å²) in [6.07, 6.45) is 2.86. The molecule has 2 heterocycles. The lowest BCUT2D eigenvalue weighted by molar-refractivity contribution is 0.102. The van der Waals surface area contributed by atoms with Crippen LogP contribution in [-0.4, -0.2) is 22.7 Å². The second-order valence-corrected chi connectivity index (χ2v) is 6.76. The van der Waals surface area contributed by atoms with Gasteiger partial charge in [-0.2, -0.15) is 0 Å². The Labute approximate surface area is 150 Å². The molecule has 132 valence electrons. The van der Waals surface area contributed by atoms with Crippen molar-refractivity contribution in [2.45, 2.75) is 40.0 Å². The highest BCUT2D eigenvalue weighted by atomic mass is 32.1. The van der Waals surface area contributed by atoms with E-state index < -0.39 is 0 Å². The summed E-state index contributed by atoms with van der Waals surface area (Å²) in [7, 11) is 0. The van der Waals surface area contributed by atoms with E-state index >= 15 is 0 Å². The lowest BCUT2D eigenvalue weighted by Gasteiger charge is -2.05. The highest BCUT2D eigenvalue weighted by Crippen LogP contribution is 2.30. The number of ether oxygens (including phenoxy) is 1. The summed E-state index contributed by atoms with van der Waals surface area (Å²) in [6, 6.07) is 5.55. The third-order valence-electron chi connectivity index (χ3n) is 3.82. The van der Waals surface area contributed by atoms with Crippen LogP contribution in [0.4, 0.5) is 5.13 Å². The molecule has 7 heteroatoms. The van der Waals surface area contributed by atoms with Crippen molar-refractivity contribution in [3.63, 3.8) is 0 Å². The van der Waals surface area contributed by atoms with Gasteiger partial charge in [0.05, 0.1) is 12.2 Å². The van der Waals surface area contributed by atoms with Crippen molar-refractivity contribution in [1.82, 2.24) is 10.2 Å². The fourth-order valence-electron chi connectivity index (χ4n) is 2.51. The second-order valence-electron chi connectivity index (χ2n) is 5.70. The number of carbonyl (C=O) groups is 1. The van der Waals surface area contributed by atoms with E-state index in [2.05, 4.69) is 22.4 Å². The maximum absolute atomic E-state index is 12.7. The predicted octanol–water partition coefficient (Wildman–Crippen LogP) is 4.59. The van der Waals surface area contributed by atoms with Crippen molar-refractivity contribution in [3.05, 3.63) is 34.5 Å². The van der Waals surface area contributed by atoms with Gasteiger partial charge in [0.25, 0.3) is 5.91 Å². The Bertz CT molecular complexity index is 885. The number of hydrogen-bond acceptors (Lipinski definition) is 6. The van der Waals surface area contributed by atoms with E-state index in [0.717, 1.165) is 35.4 Å². The average Bonchev–Trinajstić information content (AvgIpc) is 3.17. The molecule has 3 aromatic rings. The van der Waals surface area contributed by atoms with Gasteiger partial charge in [-0.1, -0.05) is 31.6 Å². The molecule has 0 saturated carbocycles. The number of aromatic nitrogens is 2. The molecular formula is C18H21N3O3S. The summed E-state index contributed by atoms with van der Waals surface area (Å²) in [5.74, 6) is 1.05. The van der Waals surface area contributed by atoms with Crippen molar-refractivity contribution in [3.8, 4) is 5.75 Å². The minimum Gasteiger partial charge on any atom is -0.494 e. The minimum absolute atomic E-state index is 0.249. The summed E-state index contributed by atoms with van der Waals surface area (Å²) in [5, 5.41) is 12.9. The maximum atomic E-state index is 12.7. The SMILES string of the molecule is CCCCOc1ccc2oc(C)c(C(=O)Nc3nnc(CC)s3)c2c1. The molecule has 2 aromatic heterocycles. The van der Waals surface area contributed by atoms with Crippen molar-refractivity contribution >= 4 is 33.3 Å². The second kappa shape index (κ2) is 7.65. The Morgan fingerprint density at radius 1 is 1.32 bits per heavy atom. The fourth-order valence-corrected chi connectivity index (χ4v) is 3.19. The molecule has 0 unspecified atom stereocenters. The quantitative estimate of drug-likeness (QED) is 0.625. The van der Waals surface area contributed by atoms with E-state index in [9.17, 15) is 4.79 Å². The maximum Gasteiger partial charge on any atom is 0.261 e. The topological polar surface area (TPSA) is 77.2 Å². The molecule has 0 spiro atoms. The molecule has 25 heavy (non-hydrogen) atoms. The van der Waals surface area contributed by atoms with E-state index in [1.54, 1.807) is 6.92 Å². The van der Waals surface area contributed by atoms with Crippen molar-refractivity contribution in [1.29, 1.82) is 0 Å². The number of nitrogens with zero attached hydrogens (tertiary/aromatic N) is 2. The van der Waals surface area contributed by atoms with Gasteiger partial charge < -0.3 is 9.15 Å². The van der Waals surface area contributed by atoms with Crippen LogP contribution < -0.4 is 10.1 Å². The monoisotopic (exact) mass is 359 g/mol. The van der Waals surface area contributed by atoms with Crippen LogP contribution in [0.1, 0.15) is 47.8 Å². The number of fused-ring (bicyclic) bond motifs is 1. The predicted molar refractivity (Wildman–Crippen MR) is 98.6 cm³/mol. The molecular weight excluding hydrogens is 338 g/mol. The zero-order valence-corrected chi connectivity index (χ0v) is 15.4. The molecule has 0 saturated heterocycles. The number of unbranched alkanes of at least 4 members (excludes halogenated alkanes) is 1. The molecule has 0 atom stereocenters. The molecule has 1 amide bonds. The zero-order chi connectivity index (χ0) is 17.8. The highest BCUT2D eigenvalue weighted by Gasteiger charge is 2.20. The molecule has 0 aliphatic heterocycles. The third-order valence-corrected chi connectivity index (χ3v) is 4.80. The van der Waals surface area contributed by atoms with Gasteiger partial charge in [-0.15, -0.1) is 10.2 Å². The highest BCUT2D eigenvalue weighted by molar-refractivity contribution is 7.15. The summed E-state index contributed by atoms with van der Waals surface area (Å²) in [4.78, 5) is 12.7. The average molecular weight is 359 g/mol. The molecule has 3 rings (SSSR count). The smallest absolute Gasteiger partial charge is 0.261 e. The van der Waals surface area contributed by atoms with E-state index in [4.69, 9.17) is 9.15 Å². The van der Waals surface area contributed by atoms with Crippen molar-refractivity contribution in [2.75, 3.05) is 11.9 Å². The van der Waals surface area contributed by atoms with Gasteiger partial charge >= 0.3 is 0 Å². The Balaban J connectivity index is 1.86. The van der Waals surface area contributed by atoms with Crippen LogP contribution in [0.2, 0.25) is 0 Å². The van der Waals surface area contributed by atoms with Crippen molar-refractivity contribution in [2.24, 2.45) is 0 Å². The first-order valence-corrected chi connectivity index (χ1v) is 9.23. The van der Waals surface area contributed by atoms with E-state index in [1.165, 1.54) is 11.3 Å². The molecule has 0 radical (unpaired) electrons. The number of anilines is 1. The van der Waals surface area contributed by atoms with Crippen LogP contribution in [0.3, 0.4) is 0 Å². The molecule has 0 bridgehead atoms. The van der Waals surface area contributed by atoms with Crippen LogP contribution in [0, 0.1) is 6.92 Å². The summed E-state index contributed by atoms with van der Waals surface area (Å²) in [5.41, 5.74) is 1.17. The first-order valence-electron chi connectivity index (χ1n) is 8.42. The minimum atomic E-state index is -0.249. The van der Waals surface area contributed by atoms with E-state index in [0.29, 0.717) is 28.6 Å². The van der Waals surface area contributed by atoms with E-state index in [-0.39, 0.29) is 5.91 Å². The normalized spacial score (nSPS) is 11.0. The molecule has 0 fully saturated rings. The third kappa shape index (κ3) is 3.82. The number of nitrogens with one attached hydrogen (secondary N) is 1. The number of hydrogen-bond donors (Lipinski definition) is 1. The molecule has 6 nitrogen and oxygen atoms in total. The largest absolute Gasteiger partial charge is 0.494 e. The van der Waals surface area contributed by atoms with E-state index in [1.807, 2.05) is 25.1 Å². The van der Waals surface area contributed by atoms with Gasteiger partial charge in [0, 0.05) is 5.39 Å². The van der Waals surface area contributed by atoms with Gasteiger partial charge in [0.15, 0.2) is 0 Å². The number of carbonyl (C=O) groups excluding carboxylic acids is 1. The molecule has 1 aromatic carbocycles. The van der Waals surface area contributed by atoms with Crippen LogP contribution in [0.25, 0.3) is 11.0 Å². The van der Waals surface area contributed by atoms with Gasteiger partial charge in [-0.05, 0) is 38.0 Å². The first kappa shape index (κ1) is 17.4. The number of furan rings is 1. The van der Waals surface area contributed by atoms with Crippen LogP contribution in [0.15, 0.2) is 22.6 Å². The van der Waals surface area contributed by atoms with Crippen LogP contribution >= 0.6 is 11.3 Å². The fraction of sp³-hybridized carbons (Fsp3) is 0.389. The first-order chi connectivity index (χ1) is 12.1. The Morgan fingerprint density at radius 2 is 2.16 bits per heavy atom. The zero-order valence-electron chi connectivity index (χ0n) is 14.6. The number of rotatable bonds is 7. The van der Waals surface area contributed by atoms with Gasteiger partial charge in [-0.25, -0.2) is 0 Å². The number of amides is 1.